The van der Waals surface area contributed by atoms with Gasteiger partial charge >= 0.3 is 6.09 Å². The van der Waals surface area contributed by atoms with Crippen molar-refractivity contribution < 1.29 is 13.7 Å². The van der Waals surface area contributed by atoms with Crippen molar-refractivity contribution in [1.29, 1.82) is 0 Å². The van der Waals surface area contributed by atoms with E-state index in [0.29, 0.717) is 18.8 Å². The lowest BCUT2D eigenvalue weighted by Crippen LogP contribution is -2.38. The molecule has 1 amide bonds. The number of hydrogen-bond donors (Lipinski definition) is 0. The van der Waals surface area contributed by atoms with E-state index in [2.05, 4.69) is 0 Å². The molecule has 0 radical (unpaired) electrons. The summed E-state index contributed by atoms with van der Waals surface area (Å²) in [6.45, 7) is 10.7. The van der Waals surface area contributed by atoms with Crippen LogP contribution in [0.3, 0.4) is 0 Å². The molecule has 1 aliphatic rings. The van der Waals surface area contributed by atoms with E-state index in [1.165, 1.54) is 0 Å². The maximum absolute atomic E-state index is 11.9. The normalized spacial score (nSPS) is 25.2. The molecule has 1 fully saturated rings. The molecule has 0 N–H and O–H groups in total. The van der Waals surface area contributed by atoms with E-state index in [-0.39, 0.29) is 10.8 Å². The molecule has 0 aliphatic carbocycles. The highest BCUT2D eigenvalue weighted by Crippen LogP contribution is 2.22. The van der Waals surface area contributed by atoms with Gasteiger partial charge in [-0.1, -0.05) is 0 Å². The van der Waals surface area contributed by atoms with Crippen LogP contribution in [-0.4, -0.2) is 44.4 Å². The quantitative estimate of drug-likeness (QED) is 0.671. The van der Waals surface area contributed by atoms with Crippen LogP contribution >= 0.6 is 0 Å². The summed E-state index contributed by atoms with van der Waals surface area (Å²) in [5, 5.41) is 0. The second kappa shape index (κ2) is 4.96. The number of ether oxygens (including phenoxy) is 1. The van der Waals surface area contributed by atoms with Crippen molar-refractivity contribution in [1.82, 2.24) is 4.90 Å². The minimum Gasteiger partial charge on any atom is -0.444 e. The third-order valence-corrected chi connectivity index (χ3v) is 4.79. The van der Waals surface area contributed by atoms with Gasteiger partial charge in [-0.15, -0.1) is 0 Å². The van der Waals surface area contributed by atoms with Crippen LogP contribution in [0.2, 0.25) is 0 Å². The Balaban J connectivity index is 2.63. The average Bonchev–Trinajstić information content (AvgIpc) is 2.25. The molecule has 0 aromatic heterocycles. The largest absolute Gasteiger partial charge is 0.444 e. The Bertz CT molecular complexity index is 320. The van der Waals surface area contributed by atoms with Gasteiger partial charge < -0.3 is 9.64 Å². The number of nitrogens with zero attached hydrogens (tertiary/aromatic N) is 1. The zero-order chi connectivity index (χ0) is 13.3. The minimum atomic E-state index is -0.878. The smallest absolute Gasteiger partial charge is 0.410 e. The lowest BCUT2D eigenvalue weighted by Gasteiger charge is -2.26. The second-order valence-corrected chi connectivity index (χ2v) is 8.23. The topological polar surface area (TPSA) is 46.6 Å². The lowest BCUT2D eigenvalue weighted by atomic mass is 10.1. The maximum atomic E-state index is 11.9. The van der Waals surface area contributed by atoms with E-state index >= 15 is 0 Å². The van der Waals surface area contributed by atoms with Crippen molar-refractivity contribution >= 4 is 16.9 Å². The van der Waals surface area contributed by atoms with Gasteiger partial charge in [-0.2, -0.15) is 0 Å². The van der Waals surface area contributed by atoms with Gasteiger partial charge in [-0.3, -0.25) is 4.21 Å². The van der Waals surface area contributed by atoms with Gasteiger partial charge in [0.05, 0.1) is 0 Å². The van der Waals surface area contributed by atoms with Crippen molar-refractivity contribution in [2.75, 3.05) is 18.8 Å². The van der Waals surface area contributed by atoms with Crippen LogP contribution in [0.25, 0.3) is 0 Å². The molecule has 1 atom stereocenters. The fourth-order valence-electron chi connectivity index (χ4n) is 1.61. The number of carbonyl (C=O) groups is 1. The molecular formula is C12H23NO3S. The molecular weight excluding hydrogens is 238 g/mol. The van der Waals surface area contributed by atoms with Gasteiger partial charge in [-0.25, -0.2) is 4.79 Å². The summed E-state index contributed by atoms with van der Waals surface area (Å²) >= 11 is 0. The molecule has 0 aromatic carbocycles. The van der Waals surface area contributed by atoms with Crippen LogP contribution in [0.4, 0.5) is 4.79 Å². The van der Waals surface area contributed by atoms with Gasteiger partial charge in [0.15, 0.2) is 0 Å². The summed E-state index contributed by atoms with van der Waals surface area (Å²) in [6.07, 6.45) is 0.450. The third kappa shape index (κ3) is 4.30. The third-order valence-electron chi connectivity index (χ3n) is 2.80. The first kappa shape index (κ1) is 14.5. The van der Waals surface area contributed by atoms with E-state index in [4.69, 9.17) is 4.74 Å². The predicted molar refractivity (Wildman–Crippen MR) is 69.5 cm³/mol. The van der Waals surface area contributed by atoms with Crippen LogP contribution in [0.1, 0.15) is 41.0 Å². The van der Waals surface area contributed by atoms with Gasteiger partial charge in [0.25, 0.3) is 0 Å². The summed E-state index contributed by atoms with van der Waals surface area (Å²) in [4.78, 5) is 13.6. The van der Waals surface area contributed by atoms with Crippen molar-refractivity contribution in [2.45, 2.75) is 51.4 Å². The lowest BCUT2D eigenvalue weighted by molar-refractivity contribution is 0.0261. The van der Waals surface area contributed by atoms with Crippen LogP contribution in [0, 0.1) is 0 Å². The van der Waals surface area contributed by atoms with Crippen LogP contribution in [0.5, 0.6) is 0 Å². The Kier molecular flexibility index (Phi) is 4.23. The van der Waals surface area contributed by atoms with Gasteiger partial charge in [-0.05, 0) is 41.0 Å². The summed E-state index contributed by atoms with van der Waals surface area (Å²) in [6, 6.07) is 0. The Morgan fingerprint density at radius 2 is 1.88 bits per heavy atom. The standard InChI is InChI=1S/C12H23NO3S/c1-11(2,3)16-10(14)13-7-6-12(4,5)17(15)9-8-13/h6-9H2,1-5H3. The van der Waals surface area contributed by atoms with E-state index in [0.717, 1.165) is 6.42 Å². The molecule has 1 rings (SSSR count). The SMILES string of the molecule is CC(C)(C)OC(=O)N1CCS(=O)C(C)(C)CC1. The highest BCUT2D eigenvalue weighted by atomic mass is 32.2. The molecule has 1 unspecified atom stereocenters. The van der Waals surface area contributed by atoms with Crippen LogP contribution in [-0.2, 0) is 15.5 Å². The Labute approximate surface area is 106 Å². The fraction of sp³-hybridized carbons (Fsp3) is 0.917. The van der Waals surface area contributed by atoms with E-state index < -0.39 is 16.4 Å². The molecule has 0 bridgehead atoms. The zero-order valence-corrected chi connectivity index (χ0v) is 12.2. The monoisotopic (exact) mass is 261 g/mol. The molecule has 5 heteroatoms. The summed E-state index contributed by atoms with van der Waals surface area (Å²) in [7, 11) is -0.878. The first-order valence-electron chi connectivity index (χ1n) is 5.98. The van der Waals surface area contributed by atoms with Crippen molar-refractivity contribution in [3.63, 3.8) is 0 Å². The van der Waals surface area contributed by atoms with Gasteiger partial charge in [0.2, 0.25) is 0 Å². The molecule has 0 aromatic rings. The maximum Gasteiger partial charge on any atom is 0.410 e. The fourth-order valence-corrected chi connectivity index (χ4v) is 2.87. The first-order valence-corrected chi connectivity index (χ1v) is 7.30. The molecule has 100 valence electrons. The van der Waals surface area contributed by atoms with Crippen molar-refractivity contribution in [3.8, 4) is 0 Å². The van der Waals surface area contributed by atoms with Gasteiger partial charge in [0.1, 0.15) is 5.60 Å². The van der Waals surface area contributed by atoms with E-state index in [9.17, 15) is 9.00 Å². The summed E-state index contributed by atoms with van der Waals surface area (Å²) in [5.74, 6) is 0.534. The summed E-state index contributed by atoms with van der Waals surface area (Å²) in [5.41, 5.74) is -0.474. The van der Waals surface area contributed by atoms with Crippen molar-refractivity contribution in [3.05, 3.63) is 0 Å². The van der Waals surface area contributed by atoms with Crippen LogP contribution in [0.15, 0.2) is 0 Å². The minimum absolute atomic E-state index is 0.212. The van der Waals surface area contributed by atoms with Crippen molar-refractivity contribution in [2.24, 2.45) is 0 Å². The number of amides is 1. The number of rotatable bonds is 0. The predicted octanol–water partition coefficient (Wildman–Crippen LogP) is 2.15. The molecule has 1 heterocycles. The molecule has 4 nitrogen and oxygen atoms in total. The first-order chi connectivity index (χ1) is 7.62. The second-order valence-electron chi connectivity index (χ2n) is 6.03. The Morgan fingerprint density at radius 1 is 1.29 bits per heavy atom. The highest BCUT2D eigenvalue weighted by Gasteiger charge is 2.32. The summed E-state index contributed by atoms with van der Waals surface area (Å²) < 4.78 is 17.0. The average molecular weight is 261 g/mol. The Hall–Kier alpha value is -0.580. The van der Waals surface area contributed by atoms with E-state index in [1.54, 1.807) is 4.90 Å². The zero-order valence-electron chi connectivity index (χ0n) is 11.4. The van der Waals surface area contributed by atoms with Gasteiger partial charge in [0, 0.05) is 34.4 Å². The highest BCUT2D eigenvalue weighted by molar-refractivity contribution is 7.86. The van der Waals surface area contributed by atoms with E-state index in [1.807, 2.05) is 34.6 Å². The molecule has 1 saturated heterocycles. The Morgan fingerprint density at radius 3 is 2.41 bits per heavy atom. The molecule has 1 aliphatic heterocycles. The molecule has 17 heavy (non-hydrogen) atoms. The molecule has 0 saturated carbocycles. The number of carbonyl (C=O) groups excluding carboxylic acids is 1. The number of hydrogen-bond acceptors (Lipinski definition) is 3. The molecule has 0 spiro atoms. The van der Waals surface area contributed by atoms with Crippen LogP contribution < -0.4 is 0 Å².